The SMILES string of the molecule is CNC(=O)C(NC(=O)C1(c2cccc(-c3ccccc3)c2)CC1)c1cccc(ON)c1. The lowest BCUT2D eigenvalue weighted by atomic mass is 9.91. The molecule has 3 aromatic carbocycles. The van der Waals surface area contributed by atoms with E-state index in [0.717, 1.165) is 29.5 Å². The third-order valence-electron chi connectivity index (χ3n) is 5.82. The molecule has 0 heterocycles. The van der Waals surface area contributed by atoms with Crippen LogP contribution in [0.5, 0.6) is 5.75 Å². The highest BCUT2D eigenvalue weighted by atomic mass is 16.6. The highest BCUT2D eigenvalue weighted by molar-refractivity contribution is 5.96. The fourth-order valence-corrected chi connectivity index (χ4v) is 3.88. The lowest BCUT2D eigenvalue weighted by molar-refractivity contribution is -0.130. The maximum Gasteiger partial charge on any atom is 0.246 e. The Bertz CT molecular complexity index is 1090. The fraction of sp³-hybridized carbons (Fsp3) is 0.200. The van der Waals surface area contributed by atoms with Crippen LogP contribution in [-0.4, -0.2) is 18.9 Å². The number of amides is 2. The van der Waals surface area contributed by atoms with Crippen LogP contribution in [-0.2, 0) is 15.0 Å². The van der Waals surface area contributed by atoms with Gasteiger partial charge in [0.2, 0.25) is 11.8 Å². The molecule has 0 aromatic heterocycles. The first-order valence-electron chi connectivity index (χ1n) is 10.2. The predicted molar refractivity (Wildman–Crippen MR) is 119 cm³/mol. The van der Waals surface area contributed by atoms with Crippen molar-refractivity contribution in [3.63, 3.8) is 0 Å². The minimum atomic E-state index is -0.845. The van der Waals surface area contributed by atoms with E-state index in [9.17, 15) is 9.59 Å². The van der Waals surface area contributed by atoms with E-state index in [1.54, 1.807) is 31.3 Å². The van der Waals surface area contributed by atoms with Crippen LogP contribution in [0.1, 0.15) is 30.0 Å². The topological polar surface area (TPSA) is 93.5 Å². The molecule has 0 spiro atoms. The highest BCUT2D eigenvalue weighted by Crippen LogP contribution is 2.49. The van der Waals surface area contributed by atoms with Crippen molar-refractivity contribution in [3.05, 3.63) is 90.0 Å². The summed E-state index contributed by atoms with van der Waals surface area (Å²) in [4.78, 5) is 30.7. The van der Waals surface area contributed by atoms with Crippen LogP contribution < -0.4 is 21.4 Å². The lowest BCUT2D eigenvalue weighted by Crippen LogP contribution is -2.43. The lowest BCUT2D eigenvalue weighted by Gasteiger charge is -2.23. The number of hydrogen-bond donors (Lipinski definition) is 3. The first-order chi connectivity index (χ1) is 15.1. The molecular weight excluding hydrogens is 390 g/mol. The molecule has 0 saturated heterocycles. The maximum atomic E-state index is 13.4. The maximum absolute atomic E-state index is 13.4. The van der Waals surface area contributed by atoms with Crippen molar-refractivity contribution in [2.24, 2.45) is 5.90 Å². The third kappa shape index (κ3) is 4.15. The van der Waals surface area contributed by atoms with Gasteiger partial charge in [0.05, 0.1) is 5.41 Å². The zero-order valence-corrected chi connectivity index (χ0v) is 17.3. The molecule has 1 unspecified atom stereocenters. The molecule has 1 fully saturated rings. The van der Waals surface area contributed by atoms with E-state index in [1.165, 1.54) is 0 Å². The summed E-state index contributed by atoms with van der Waals surface area (Å²) >= 11 is 0. The van der Waals surface area contributed by atoms with Gasteiger partial charge in [0.15, 0.2) is 0 Å². The molecule has 1 aliphatic carbocycles. The number of benzene rings is 3. The van der Waals surface area contributed by atoms with Crippen LogP contribution in [0.15, 0.2) is 78.9 Å². The van der Waals surface area contributed by atoms with Gasteiger partial charge >= 0.3 is 0 Å². The van der Waals surface area contributed by atoms with E-state index in [2.05, 4.69) is 16.7 Å². The summed E-state index contributed by atoms with van der Waals surface area (Å²) in [5, 5.41) is 5.57. The molecule has 6 nitrogen and oxygen atoms in total. The number of carbonyl (C=O) groups is 2. The van der Waals surface area contributed by atoms with Gasteiger partial charge in [-0.15, -0.1) is 0 Å². The molecule has 0 aliphatic heterocycles. The summed E-state index contributed by atoms with van der Waals surface area (Å²) < 4.78 is 0. The van der Waals surface area contributed by atoms with Crippen LogP contribution in [0, 0.1) is 0 Å². The number of nitrogens with two attached hydrogens (primary N) is 1. The number of nitrogens with one attached hydrogen (secondary N) is 2. The summed E-state index contributed by atoms with van der Waals surface area (Å²) in [6.45, 7) is 0. The average molecular weight is 415 g/mol. The molecule has 0 radical (unpaired) electrons. The van der Waals surface area contributed by atoms with Crippen LogP contribution in [0.2, 0.25) is 0 Å². The molecule has 4 rings (SSSR count). The Balaban J connectivity index is 1.61. The van der Waals surface area contributed by atoms with E-state index < -0.39 is 11.5 Å². The minimum Gasteiger partial charge on any atom is -0.412 e. The summed E-state index contributed by atoms with van der Waals surface area (Å²) in [7, 11) is 1.54. The van der Waals surface area contributed by atoms with Crippen molar-refractivity contribution < 1.29 is 14.4 Å². The van der Waals surface area contributed by atoms with Crippen LogP contribution in [0.3, 0.4) is 0 Å². The van der Waals surface area contributed by atoms with Crippen LogP contribution in [0.25, 0.3) is 11.1 Å². The number of rotatable bonds is 7. The van der Waals surface area contributed by atoms with Gasteiger partial charge in [-0.1, -0.05) is 66.7 Å². The van der Waals surface area contributed by atoms with E-state index >= 15 is 0 Å². The molecular formula is C25H25N3O3. The molecule has 1 aliphatic rings. The molecule has 3 aromatic rings. The van der Waals surface area contributed by atoms with Crippen molar-refractivity contribution in [1.82, 2.24) is 10.6 Å². The Kier molecular flexibility index (Phi) is 5.73. The van der Waals surface area contributed by atoms with Gasteiger partial charge in [-0.2, -0.15) is 5.90 Å². The Morgan fingerprint density at radius 3 is 2.32 bits per heavy atom. The molecule has 31 heavy (non-hydrogen) atoms. The monoisotopic (exact) mass is 415 g/mol. The van der Waals surface area contributed by atoms with Crippen LogP contribution in [0.4, 0.5) is 0 Å². The number of carbonyl (C=O) groups excluding carboxylic acids is 2. The van der Waals surface area contributed by atoms with Gasteiger partial charge in [-0.25, -0.2) is 0 Å². The second kappa shape index (κ2) is 8.62. The molecule has 1 saturated carbocycles. The Morgan fingerprint density at radius 2 is 1.65 bits per heavy atom. The average Bonchev–Trinajstić information content (AvgIpc) is 3.65. The largest absolute Gasteiger partial charge is 0.412 e. The Hall–Kier alpha value is -3.64. The highest BCUT2D eigenvalue weighted by Gasteiger charge is 2.52. The van der Waals surface area contributed by atoms with Gasteiger partial charge in [-0.05, 0) is 47.2 Å². The van der Waals surface area contributed by atoms with Crippen molar-refractivity contribution in [3.8, 4) is 16.9 Å². The first kappa shape index (κ1) is 20.6. The summed E-state index contributed by atoms with van der Waals surface area (Å²) in [5.74, 6) is 5.20. The Morgan fingerprint density at radius 1 is 0.935 bits per heavy atom. The summed E-state index contributed by atoms with van der Waals surface area (Å²) in [6, 6.07) is 24.1. The van der Waals surface area contributed by atoms with E-state index in [1.807, 2.05) is 48.5 Å². The normalized spacial score (nSPS) is 14.9. The second-order valence-electron chi connectivity index (χ2n) is 7.74. The van der Waals surface area contributed by atoms with Gasteiger partial charge in [-0.3, -0.25) is 9.59 Å². The van der Waals surface area contributed by atoms with Gasteiger partial charge in [0.25, 0.3) is 0 Å². The summed E-state index contributed by atoms with van der Waals surface area (Å²) in [5.41, 5.74) is 3.10. The van der Waals surface area contributed by atoms with E-state index in [0.29, 0.717) is 11.3 Å². The van der Waals surface area contributed by atoms with E-state index in [-0.39, 0.29) is 11.8 Å². The van der Waals surface area contributed by atoms with Gasteiger partial charge in [0.1, 0.15) is 11.8 Å². The van der Waals surface area contributed by atoms with Crippen molar-refractivity contribution in [2.45, 2.75) is 24.3 Å². The zero-order chi connectivity index (χ0) is 21.8. The fourth-order valence-electron chi connectivity index (χ4n) is 3.88. The second-order valence-corrected chi connectivity index (χ2v) is 7.74. The third-order valence-corrected chi connectivity index (χ3v) is 5.82. The quantitative estimate of drug-likeness (QED) is 0.517. The van der Waals surface area contributed by atoms with Crippen molar-refractivity contribution in [1.29, 1.82) is 0 Å². The Labute approximate surface area is 181 Å². The molecule has 158 valence electrons. The predicted octanol–water partition coefficient (Wildman–Crippen LogP) is 3.24. The van der Waals surface area contributed by atoms with Gasteiger partial charge < -0.3 is 15.5 Å². The van der Waals surface area contributed by atoms with E-state index in [4.69, 9.17) is 10.7 Å². The first-order valence-corrected chi connectivity index (χ1v) is 10.2. The zero-order valence-electron chi connectivity index (χ0n) is 17.3. The number of hydrogen-bond acceptors (Lipinski definition) is 4. The summed E-state index contributed by atoms with van der Waals surface area (Å²) in [6.07, 6.45) is 1.48. The molecule has 2 amide bonds. The van der Waals surface area contributed by atoms with Crippen LogP contribution >= 0.6 is 0 Å². The molecule has 1 atom stereocenters. The minimum absolute atomic E-state index is 0.162. The smallest absolute Gasteiger partial charge is 0.246 e. The van der Waals surface area contributed by atoms with Crippen molar-refractivity contribution >= 4 is 11.8 Å². The molecule has 0 bridgehead atoms. The standard InChI is InChI=1S/C25H25N3O3/c1-27-23(29)22(19-10-6-12-21(16-19)31-26)28-24(30)25(13-14-25)20-11-5-9-18(15-20)17-7-3-2-4-8-17/h2-12,15-16,22H,13-14,26H2,1H3,(H,27,29)(H,28,30). The van der Waals surface area contributed by atoms with Gasteiger partial charge in [0, 0.05) is 7.05 Å². The number of likely N-dealkylation sites (N-methyl/N-ethyl adjacent to an activating group) is 1. The molecule has 4 N–H and O–H groups in total. The van der Waals surface area contributed by atoms with Crippen molar-refractivity contribution in [2.75, 3.05) is 7.05 Å². The molecule has 6 heteroatoms.